The van der Waals surface area contributed by atoms with Crippen molar-refractivity contribution in [2.75, 3.05) is 0 Å². The number of carbonyl (C=O) groups is 1. The zero-order chi connectivity index (χ0) is 17.2. The molecular weight excluding hydrogens is 352 g/mol. The molecule has 5 heteroatoms. The van der Waals surface area contributed by atoms with Crippen LogP contribution in [0.1, 0.15) is 47.3 Å². The van der Waals surface area contributed by atoms with E-state index < -0.39 is 0 Å². The Morgan fingerprint density at radius 3 is 2.68 bits per heavy atom. The van der Waals surface area contributed by atoms with Crippen molar-refractivity contribution >= 4 is 28.8 Å². The first-order valence-electron chi connectivity index (χ1n) is 9.13. The summed E-state index contributed by atoms with van der Waals surface area (Å²) in [6.07, 6.45) is 6.06. The molecule has 2 aliphatic rings. The van der Waals surface area contributed by atoms with Gasteiger partial charge in [-0.25, -0.2) is 0 Å². The fraction of sp³-hybridized carbons (Fsp3) is 0.450. The maximum absolute atomic E-state index is 12.5. The topological polar surface area (TPSA) is 33.5 Å². The van der Waals surface area contributed by atoms with E-state index in [0.29, 0.717) is 22.7 Å². The lowest BCUT2D eigenvalue weighted by Crippen LogP contribution is -3.20. The van der Waals surface area contributed by atoms with E-state index in [2.05, 4.69) is 22.8 Å². The molecule has 0 radical (unpaired) electrons. The highest BCUT2D eigenvalue weighted by atomic mass is 35.5. The number of benzene rings is 1. The van der Waals surface area contributed by atoms with Crippen LogP contribution >= 0.6 is 22.9 Å². The molecule has 0 saturated carbocycles. The van der Waals surface area contributed by atoms with E-state index in [-0.39, 0.29) is 11.9 Å². The van der Waals surface area contributed by atoms with Crippen LogP contribution in [0.25, 0.3) is 0 Å². The molecule has 0 unspecified atom stereocenters. The number of halogens is 1. The summed E-state index contributed by atoms with van der Waals surface area (Å²) in [5.41, 5.74) is 0.658. The van der Waals surface area contributed by atoms with Crippen LogP contribution < -0.4 is 10.2 Å². The van der Waals surface area contributed by atoms with Crippen molar-refractivity contribution in [2.24, 2.45) is 0 Å². The summed E-state index contributed by atoms with van der Waals surface area (Å²) < 4.78 is 0. The number of rotatable bonds is 4. The maximum Gasteiger partial charge on any atom is 0.251 e. The van der Waals surface area contributed by atoms with Gasteiger partial charge in [0.1, 0.15) is 6.54 Å². The molecule has 2 bridgehead atoms. The van der Waals surface area contributed by atoms with Gasteiger partial charge >= 0.3 is 0 Å². The van der Waals surface area contributed by atoms with Crippen molar-refractivity contribution < 1.29 is 9.69 Å². The molecule has 1 aromatic carbocycles. The molecule has 4 rings (SSSR count). The van der Waals surface area contributed by atoms with Crippen molar-refractivity contribution in [3.05, 3.63) is 57.2 Å². The quantitative estimate of drug-likeness (QED) is 0.844. The van der Waals surface area contributed by atoms with E-state index in [1.165, 1.54) is 24.1 Å². The predicted octanol–water partition coefficient (Wildman–Crippen LogP) is 3.30. The smallest absolute Gasteiger partial charge is 0.251 e. The molecule has 1 aromatic heterocycles. The number of hydrogen-bond acceptors (Lipinski definition) is 2. The third kappa shape index (κ3) is 3.91. The maximum atomic E-state index is 12.5. The van der Waals surface area contributed by atoms with Crippen molar-refractivity contribution in [2.45, 2.75) is 56.8 Å². The number of quaternary nitrogens is 1. The minimum Gasteiger partial charge on any atom is -0.349 e. The average Bonchev–Trinajstić information content (AvgIpc) is 3.08. The summed E-state index contributed by atoms with van der Waals surface area (Å²) in [7, 11) is 0. The molecule has 2 fully saturated rings. The number of fused-ring (bicyclic) bond motifs is 2. The Morgan fingerprint density at radius 2 is 2.00 bits per heavy atom. The summed E-state index contributed by atoms with van der Waals surface area (Å²) >= 11 is 7.88. The second-order valence-corrected chi connectivity index (χ2v) is 8.78. The van der Waals surface area contributed by atoms with Crippen molar-refractivity contribution in [1.82, 2.24) is 5.32 Å². The molecule has 2 aliphatic heterocycles. The van der Waals surface area contributed by atoms with Crippen LogP contribution in [0.3, 0.4) is 0 Å². The lowest BCUT2D eigenvalue weighted by molar-refractivity contribution is -0.973. The first-order valence-corrected chi connectivity index (χ1v) is 10.4. The van der Waals surface area contributed by atoms with Gasteiger partial charge in [0.2, 0.25) is 0 Å². The molecule has 2 saturated heterocycles. The Kier molecular flexibility index (Phi) is 5.11. The first-order chi connectivity index (χ1) is 12.2. The van der Waals surface area contributed by atoms with Crippen LogP contribution in [0, 0.1) is 0 Å². The number of nitrogens with one attached hydrogen (secondary N) is 2. The predicted molar refractivity (Wildman–Crippen MR) is 102 cm³/mol. The highest BCUT2D eigenvalue weighted by Gasteiger charge is 2.42. The number of piperidine rings is 2. The van der Waals surface area contributed by atoms with Crippen LogP contribution in [0.4, 0.5) is 0 Å². The van der Waals surface area contributed by atoms with Crippen LogP contribution in [0.2, 0.25) is 5.02 Å². The number of hydrogen-bond donors (Lipinski definition) is 2. The second-order valence-electron chi connectivity index (χ2n) is 7.31. The number of thiophene rings is 1. The van der Waals surface area contributed by atoms with E-state index in [4.69, 9.17) is 11.6 Å². The highest BCUT2D eigenvalue weighted by Crippen LogP contribution is 2.24. The molecule has 0 spiro atoms. The normalized spacial score (nSPS) is 28.5. The van der Waals surface area contributed by atoms with Gasteiger partial charge in [-0.1, -0.05) is 23.7 Å². The zero-order valence-electron chi connectivity index (χ0n) is 14.2. The van der Waals surface area contributed by atoms with Gasteiger partial charge in [-0.3, -0.25) is 4.79 Å². The Hall–Kier alpha value is -1.36. The minimum absolute atomic E-state index is 0.00674. The van der Waals surface area contributed by atoms with Crippen LogP contribution in [0.5, 0.6) is 0 Å². The van der Waals surface area contributed by atoms with Crippen LogP contribution in [0.15, 0.2) is 41.8 Å². The van der Waals surface area contributed by atoms with Crippen LogP contribution in [-0.4, -0.2) is 24.0 Å². The molecular formula is C20H24ClN2OS+. The Bertz CT molecular complexity index is 719. The van der Waals surface area contributed by atoms with Gasteiger partial charge in [-0.2, -0.15) is 0 Å². The van der Waals surface area contributed by atoms with Crippen molar-refractivity contribution in [1.29, 1.82) is 0 Å². The molecule has 25 heavy (non-hydrogen) atoms. The van der Waals surface area contributed by atoms with E-state index >= 15 is 0 Å². The SMILES string of the molecule is O=C(NC1C[C@H]2CCC[C@H](C1)[NH+]2Cc1cccs1)c1cccc(Cl)c1. The molecule has 3 heterocycles. The Labute approximate surface area is 158 Å². The first kappa shape index (κ1) is 17.1. The van der Waals surface area contributed by atoms with Gasteiger partial charge in [0.05, 0.1) is 17.0 Å². The summed E-state index contributed by atoms with van der Waals surface area (Å²) in [4.78, 5) is 15.8. The van der Waals surface area contributed by atoms with E-state index in [9.17, 15) is 4.79 Å². The van der Waals surface area contributed by atoms with Gasteiger partial charge in [0, 0.05) is 29.5 Å². The van der Waals surface area contributed by atoms with Gasteiger partial charge in [-0.05, 0) is 48.9 Å². The molecule has 3 nitrogen and oxygen atoms in total. The van der Waals surface area contributed by atoms with Gasteiger partial charge in [0.25, 0.3) is 5.91 Å². The standard InChI is InChI=1S/C20H23ClN2OS/c21-15-5-1-4-14(10-15)20(24)22-16-11-17-6-2-7-18(12-16)23(17)13-19-8-3-9-25-19/h1,3-5,8-10,16-18H,2,6-7,11-13H2,(H,22,24)/p+1/t17-,18-/m1/s1. The average molecular weight is 376 g/mol. The molecule has 2 atom stereocenters. The van der Waals surface area contributed by atoms with E-state index in [1.807, 2.05) is 23.5 Å². The molecule has 132 valence electrons. The van der Waals surface area contributed by atoms with Gasteiger partial charge in [0.15, 0.2) is 0 Å². The van der Waals surface area contributed by atoms with E-state index in [0.717, 1.165) is 19.4 Å². The number of carbonyl (C=O) groups excluding carboxylic acids is 1. The minimum atomic E-state index is 0.00674. The lowest BCUT2D eigenvalue weighted by Gasteiger charge is -2.45. The Morgan fingerprint density at radius 1 is 1.20 bits per heavy atom. The van der Waals surface area contributed by atoms with Crippen molar-refractivity contribution in [3.63, 3.8) is 0 Å². The summed E-state index contributed by atoms with van der Waals surface area (Å²) in [6.45, 7) is 1.14. The highest BCUT2D eigenvalue weighted by molar-refractivity contribution is 7.09. The summed E-state index contributed by atoms with van der Waals surface area (Å²) in [5, 5.41) is 6.04. The van der Waals surface area contributed by atoms with Crippen molar-refractivity contribution in [3.8, 4) is 0 Å². The Balaban J connectivity index is 1.42. The van der Waals surface area contributed by atoms with E-state index in [1.54, 1.807) is 17.0 Å². The third-order valence-corrected chi connectivity index (χ3v) is 6.78. The monoisotopic (exact) mass is 375 g/mol. The largest absolute Gasteiger partial charge is 0.349 e. The molecule has 1 amide bonds. The molecule has 2 N–H and O–H groups in total. The summed E-state index contributed by atoms with van der Waals surface area (Å²) in [6, 6.07) is 13.2. The summed E-state index contributed by atoms with van der Waals surface area (Å²) in [5.74, 6) is 0.00674. The number of amides is 1. The van der Waals surface area contributed by atoms with Gasteiger partial charge in [-0.15, -0.1) is 11.3 Å². The zero-order valence-corrected chi connectivity index (χ0v) is 15.8. The molecule has 2 aromatic rings. The lowest BCUT2D eigenvalue weighted by atomic mass is 9.81. The van der Waals surface area contributed by atoms with Gasteiger partial charge < -0.3 is 10.2 Å². The fourth-order valence-corrected chi connectivity index (χ4v) is 5.49. The molecule has 0 aliphatic carbocycles. The van der Waals surface area contributed by atoms with Crippen LogP contribution in [-0.2, 0) is 6.54 Å². The third-order valence-electron chi connectivity index (χ3n) is 5.67. The second kappa shape index (κ2) is 7.48. The fourth-order valence-electron chi connectivity index (χ4n) is 4.56.